The second-order valence-corrected chi connectivity index (χ2v) is 4.67. The van der Waals surface area contributed by atoms with Crippen molar-refractivity contribution in [1.29, 1.82) is 0 Å². The molecule has 1 saturated carbocycles. The van der Waals surface area contributed by atoms with Crippen LogP contribution in [0.15, 0.2) is 21.7 Å². The topological polar surface area (TPSA) is 104 Å². The Labute approximate surface area is 102 Å². The lowest BCUT2D eigenvalue weighted by molar-refractivity contribution is -0.122. The van der Waals surface area contributed by atoms with Crippen molar-refractivity contribution in [3.8, 4) is 0 Å². The Kier molecular flexibility index (Phi) is 3.33. The van der Waals surface area contributed by atoms with Crippen molar-refractivity contribution in [1.82, 2.24) is 15.1 Å². The largest absolute Gasteiger partial charge is 0.396 e. The SMILES string of the molecule is O=C(Cn1[nH]c(=O)ccc1=O)NCC1(CO)CC1. The maximum Gasteiger partial charge on any atom is 0.265 e. The van der Waals surface area contributed by atoms with Crippen molar-refractivity contribution < 1.29 is 9.90 Å². The second-order valence-electron chi connectivity index (χ2n) is 4.67. The zero-order valence-corrected chi connectivity index (χ0v) is 9.81. The normalized spacial score (nSPS) is 16.3. The van der Waals surface area contributed by atoms with Crippen molar-refractivity contribution >= 4 is 5.91 Å². The fourth-order valence-electron chi connectivity index (χ4n) is 1.63. The van der Waals surface area contributed by atoms with E-state index < -0.39 is 11.1 Å². The number of amides is 1. The van der Waals surface area contributed by atoms with E-state index >= 15 is 0 Å². The van der Waals surface area contributed by atoms with E-state index in [0.717, 1.165) is 29.7 Å². The number of H-pyrrole nitrogens is 1. The molecule has 0 spiro atoms. The van der Waals surface area contributed by atoms with Crippen molar-refractivity contribution in [2.24, 2.45) is 5.41 Å². The number of aromatic amines is 1. The molecule has 1 aromatic rings. The molecular formula is C11H15N3O4. The first-order valence-corrected chi connectivity index (χ1v) is 5.72. The van der Waals surface area contributed by atoms with Crippen molar-refractivity contribution in [3.63, 3.8) is 0 Å². The standard InChI is InChI=1S/C11H15N3O4/c15-7-11(3-4-11)6-12-9(17)5-14-10(18)2-1-8(16)13-14/h1-2,15H,3-7H2,(H,12,17)(H,13,16). The Morgan fingerprint density at radius 1 is 1.44 bits per heavy atom. The number of carbonyl (C=O) groups is 1. The highest BCUT2D eigenvalue weighted by atomic mass is 16.3. The van der Waals surface area contributed by atoms with E-state index in [1.807, 2.05) is 0 Å². The van der Waals surface area contributed by atoms with Gasteiger partial charge in [-0.1, -0.05) is 0 Å². The number of aliphatic hydroxyl groups is 1. The molecule has 7 nitrogen and oxygen atoms in total. The quantitative estimate of drug-likeness (QED) is 0.589. The Morgan fingerprint density at radius 3 is 2.78 bits per heavy atom. The van der Waals surface area contributed by atoms with Crippen LogP contribution in [-0.2, 0) is 11.3 Å². The molecule has 1 heterocycles. The van der Waals surface area contributed by atoms with Gasteiger partial charge in [-0.05, 0) is 12.8 Å². The lowest BCUT2D eigenvalue weighted by atomic mass is 10.1. The molecule has 0 saturated heterocycles. The molecule has 0 aromatic carbocycles. The molecule has 0 aliphatic heterocycles. The van der Waals surface area contributed by atoms with E-state index in [1.54, 1.807) is 0 Å². The van der Waals surface area contributed by atoms with Gasteiger partial charge in [-0.3, -0.25) is 19.5 Å². The predicted molar refractivity (Wildman–Crippen MR) is 63.1 cm³/mol. The average Bonchev–Trinajstić information content (AvgIpc) is 3.12. The Morgan fingerprint density at radius 2 is 2.17 bits per heavy atom. The van der Waals surface area contributed by atoms with Crippen molar-refractivity contribution in [3.05, 3.63) is 32.8 Å². The number of carbonyl (C=O) groups excluding carboxylic acids is 1. The van der Waals surface area contributed by atoms with Crippen LogP contribution in [0.5, 0.6) is 0 Å². The van der Waals surface area contributed by atoms with Crippen LogP contribution < -0.4 is 16.4 Å². The molecule has 7 heteroatoms. The highest BCUT2D eigenvalue weighted by Gasteiger charge is 2.41. The zero-order chi connectivity index (χ0) is 13.2. The minimum atomic E-state index is -0.437. The molecule has 0 bridgehead atoms. The number of aliphatic hydroxyl groups excluding tert-OH is 1. The molecule has 1 amide bonds. The molecule has 18 heavy (non-hydrogen) atoms. The summed E-state index contributed by atoms with van der Waals surface area (Å²) in [5.74, 6) is -0.362. The van der Waals surface area contributed by atoms with Crippen LogP contribution in [0.4, 0.5) is 0 Å². The molecule has 2 rings (SSSR count). The van der Waals surface area contributed by atoms with Gasteiger partial charge in [0.25, 0.3) is 11.1 Å². The fourth-order valence-corrected chi connectivity index (χ4v) is 1.63. The lowest BCUT2D eigenvalue weighted by Crippen LogP contribution is -2.38. The minimum Gasteiger partial charge on any atom is -0.396 e. The first kappa shape index (κ1) is 12.6. The summed E-state index contributed by atoms with van der Waals surface area (Å²) in [6.45, 7) is 0.222. The van der Waals surface area contributed by atoms with Gasteiger partial charge in [0.15, 0.2) is 0 Å². The number of nitrogens with zero attached hydrogens (tertiary/aromatic N) is 1. The van der Waals surface area contributed by atoms with E-state index in [4.69, 9.17) is 5.11 Å². The van der Waals surface area contributed by atoms with Gasteiger partial charge in [0.2, 0.25) is 5.91 Å². The second kappa shape index (κ2) is 4.77. The smallest absolute Gasteiger partial charge is 0.265 e. The number of hydrogen-bond donors (Lipinski definition) is 3. The Bertz CT molecular complexity index is 556. The van der Waals surface area contributed by atoms with Gasteiger partial charge in [0, 0.05) is 24.1 Å². The number of rotatable bonds is 5. The van der Waals surface area contributed by atoms with E-state index in [0.29, 0.717) is 6.54 Å². The van der Waals surface area contributed by atoms with Gasteiger partial charge < -0.3 is 10.4 Å². The Hall–Kier alpha value is -1.89. The number of nitrogens with one attached hydrogen (secondary N) is 2. The van der Waals surface area contributed by atoms with E-state index in [1.165, 1.54) is 0 Å². The molecule has 1 fully saturated rings. The zero-order valence-electron chi connectivity index (χ0n) is 9.81. The molecule has 3 N–H and O–H groups in total. The molecule has 1 aromatic heterocycles. The summed E-state index contributed by atoms with van der Waals surface area (Å²) in [6.07, 6.45) is 1.79. The summed E-state index contributed by atoms with van der Waals surface area (Å²) in [5, 5.41) is 14.0. The molecule has 1 aliphatic rings. The minimum absolute atomic E-state index is 0.0510. The van der Waals surface area contributed by atoms with Crippen LogP contribution >= 0.6 is 0 Å². The van der Waals surface area contributed by atoms with Crippen LogP contribution in [0.2, 0.25) is 0 Å². The third-order valence-corrected chi connectivity index (χ3v) is 3.14. The lowest BCUT2D eigenvalue weighted by Gasteiger charge is -2.12. The van der Waals surface area contributed by atoms with Gasteiger partial charge in [-0.25, -0.2) is 4.68 Å². The van der Waals surface area contributed by atoms with E-state index in [-0.39, 0.29) is 24.5 Å². The highest BCUT2D eigenvalue weighted by Crippen LogP contribution is 2.44. The number of aromatic nitrogens is 2. The average molecular weight is 253 g/mol. The van der Waals surface area contributed by atoms with E-state index in [2.05, 4.69) is 10.4 Å². The van der Waals surface area contributed by atoms with Gasteiger partial charge >= 0.3 is 0 Å². The van der Waals surface area contributed by atoms with Crippen LogP contribution in [0.3, 0.4) is 0 Å². The fraction of sp³-hybridized carbons (Fsp3) is 0.545. The molecule has 0 unspecified atom stereocenters. The summed E-state index contributed by atoms with van der Waals surface area (Å²) >= 11 is 0. The third-order valence-electron chi connectivity index (χ3n) is 3.14. The Balaban J connectivity index is 1.93. The maximum absolute atomic E-state index is 11.6. The molecule has 0 atom stereocenters. The number of hydrogen-bond acceptors (Lipinski definition) is 4. The van der Waals surface area contributed by atoms with Crippen LogP contribution in [-0.4, -0.2) is 33.9 Å². The summed E-state index contributed by atoms with van der Waals surface area (Å²) in [7, 11) is 0. The van der Waals surface area contributed by atoms with Gasteiger partial charge in [0.05, 0.1) is 6.61 Å². The van der Waals surface area contributed by atoms with Crippen molar-refractivity contribution in [2.75, 3.05) is 13.2 Å². The maximum atomic E-state index is 11.6. The van der Waals surface area contributed by atoms with Gasteiger partial charge in [0.1, 0.15) is 6.54 Å². The highest BCUT2D eigenvalue weighted by molar-refractivity contribution is 5.75. The predicted octanol–water partition coefficient (Wildman–Crippen LogP) is -1.57. The monoisotopic (exact) mass is 253 g/mol. The molecular weight excluding hydrogens is 238 g/mol. The first-order chi connectivity index (χ1) is 8.54. The summed E-state index contributed by atoms with van der Waals surface area (Å²) < 4.78 is 0.955. The van der Waals surface area contributed by atoms with Gasteiger partial charge in [-0.15, -0.1) is 0 Å². The summed E-state index contributed by atoms with van der Waals surface area (Å²) in [5.41, 5.74) is -1.05. The molecule has 98 valence electrons. The molecule has 1 aliphatic carbocycles. The van der Waals surface area contributed by atoms with Crippen molar-refractivity contribution in [2.45, 2.75) is 19.4 Å². The molecule has 0 radical (unpaired) electrons. The van der Waals surface area contributed by atoms with Crippen LogP contribution in [0.25, 0.3) is 0 Å². The summed E-state index contributed by atoms with van der Waals surface area (Å²) in [4.78, 5) is 34.0. The third kappa shape index (κ3) is 2.86. The van der Waals surface area contributed by atoms with E-state index in [9.17, 15) is 14.4 Å². The van der Waals surface area contributed by atoms with Crippen LogP contribution in [0.1, 0.15) is 12.8 Å². The summed E-state index contributed by atoms with van der Waals surface area (Å²) in [6, 6.07) is 2.23. The van der Waals surface area contributed by atoms with Crippen LogP contribution in [0, 0.1) is 5.41 Å². The van der Waals surface area contributed by atoms with Gasteiger partial charge in [-0.2, -0.15) is 0 Å². The first-order valence-electron chi connectivity index (χ1n) is 5.72.